The SMILES string of the molecule is Cc1cnc(OCCOC(F)F)nc1. The molecule has 0 N–H and O–H groups in total. The number of hydrogen-bond donors (Lipinski definition) is 0. The molecule has 0 atom stereocenters. The number of halogens is 2. The van der Waals surface area contributed by atoms with Gasteiger partial charge in [0, 0.05) is 12.4 Å². The third kappa shape index (κ3) is 4.08. The highest BCUT2D eigenvalue weighted by atomic mass is 19.3. The number of aryl methyl sites for hydroxylation is 1. The minimum Gasteiger partial charge on any atom is -0.461 e. The van der Waals surface area contributed by atoms with Gasteiger partial charge in [-0.3, -0.25) is 0 Å². The summed E-state index contributed by atoms with van der Waals surface area (Å²) in [5.74, 6) is 0. The molecule has 0 saturated carbocycles. The zero-order valence-corrected chi connectivity index (χ0v) is 7.61. The second-order valence-corrected chi connectivity index (χ2v) is 2.52. The van der Waals surface area contributed by atoms with Gasteiger partial charge in [0.2, 0.25) is 0 Å². The highest BCUT2D eigenvalue weighted by molar-refractivity contribution is 5.04. The molecule has 1 rings (SSSR count). The molecule has 14 heavy (non-hydrogen) atoms. The standard InChI is InChI=1S/C8H10F2N2O2/c1-6-4-11-8(12-5-6)14-3-2-13-7(9)10/h4-5,7H,2-3H2,1H3. The summed E-state index contributed by atoms with van der Waals surface area (Å²) in [6.45, 7) is -1.11. The number of nitrogens with zero attached hydrogens (tertiary/aromatic N) is 2. The molecule has 0 radical (unpaired) electrons. The molecular formula is C8H10F2N2O2. The Labute approximate surface area is 79.9 Å². The maximum Gasteiger partial charge on any atom is 0.345 e. The van der Waals surface area contributed by atoms with Gasteiger partial charge in [-0.05, 0) is 12.5 Å². The Morgan fingerprint density at radius 2 is 1.93 bits per heavy atom. The van der Waals surface area contributed by atoms with Crippen LogP contribution in [0.1, 0.15) is 5.56 Å². The first kappa shape index (κ1) is 10.8. The van der Waals surface area contributed by atoms with E-state index in [9.17, 15) is 8.78 Å². The van der Waals surface area contributed by atoms with Gasteiger partial charge in [0.05, 0.1) is 6.61 Å². The van der Waals surface area contributed by atoms with Crippen molar-refractivity contribution in [2.45, 2.75) is 13.5 Å². The van der Waals surface area contributed by atoms with Gasteiger partial charge in [0.25, 0.3) is 0 Å². The molecule has 4 nitrogen and oxygen atoms in total. The van der Waals surface area contributed by atoms with Crippen LogP contribution < -0.4 is 4.74 Å². The molecule has 1 aromatic heterocycles. The third-order valence-electron chi connectivity index (χ3n) is 1.32. The van der Waals surface area contributed by atoms with E-state index >= 15 is 0 Å². The van der Waals surface area contributed by atoms with Crippen LogP contribution >= 0.6 is 0 Å². The fraction of sp³-hybridized carbons (Fsp3) is 0.500. The first-order valence-corrected chi connectivity index (χ1v) is 3.99. The lowest BCUT2D eigenvalue weighted by molar-refractivity contribution is -0.133. The summed E-state index contributed by atoms with van der Waals surface area (Å²) < 4.78 is 31.9. The Morgan fingerprint density at radius 3 is 2.50 bits per heavy atom. The molecule has 0 fully saturated rings. The number of aromatic nitrogens is 2. The van der Waals surface area contributed by atoms with Gasteiger partial charge in [0.1, 0.15) is 6.61 Å². The molecule has 0 unspecified atom stereocenters. The Bertz CT molecular complexity index is 267. The number of hydrogen-bond acceptors (Lipinski definition) is 4. The van der Waals surface area contributed by atoms with Crippen LogP contribution in [0, 0.1) is 6.92 Å². The van der Waals surface area contributed by atoms with Crippen LogP contribution in [0.25, 0.3) is 0 Å². The summed E-state index contributed by atoms with van der Waals surface area (Å²) in [7, 11) is 0. The Balaban J connectivity index is 2.21. The summed E-state index contributed by atoms with van der Waals surface area (Å²) in [5.41, 5.74) is 0.904. The van der Waals surface area contributed by atoms with Gasteiger partial charge in [-0.15, -0.1) is 0 Å². The lowest BCUT2D eigenvalue weighted by Gasteiger charge is -2.04. The molecule has 0 saturated heterocycles. The highest BCUT2D eigenvalue weighted by Gasteiger charge is 2.01. The minimum absolute atomic E-state index is 0.00734. The van der Waals surface area contributed by atoms with Crippen LogP contribution in [0.4, 0.5) is 8.78 Å². The maximum atomic E-state index is 11.5. The van der Waals surface area contributed by atoms with E-state index in [4.69, 9.17) is 4.74 Å². The average Bonchev–Trinajstić information content (AvgIpc) is 2.15. The maximum absolute atomic E-state index is 11.5. The average molecular weight is 204 g/mol. The first-order chi connectivity index (χ1) is 6.68. The van der Waals surface area contributed by atoms with Gasteiger partial charge in [-0.2, -0.15) is 8.78 Å². The van der Waals surface area contributed by atoms with E-state index in [1.165, 1.54) is 0 Å². The first-order valence-electron chi connectivity index (χ1n) is 3.99. The van der Waals surface area contributed by atoms with Crippen molar-refractivity contribution in [2.75, 3.05) is 13.2 Å². The van der Waals surface area contributed by atoms with Crippen molar-refractivity contribution in [3.05, 3.63) is 18.0 Å². The second-order valence-electron chi connectivity index (χ2n) is 2.52. The quantitative estimate of drug-likeness (QED) is 0.680. The summed E-state index contributed by atoms with van der Waals surface area (Å²) in [4.78, 5) is 7.64. The Kier molecular flexibility index (Phi) is 4.18. The van der Waals surface area contributed by atoms with Crippen molar-refractivity contribution < 1.29 is 18.3 Å². The van der Waals surface area contributed by atoms with Gasteiger partial charge in [0.15, 0.2) is 0 Å². The minimum atomic E-state index is -2.77. The smallest absolute Gasteiger partial charge is 0.345 e. The van der Waals surface area contributed by atoms with Crippen LogP contribution in [0.15, 0.2) is 12.4 Å². The van der Waals surface area contributed by atoms with E-state index in [0.29, 0.717) is 0 Å². The van der Waals surface area contributed by atoms with Gasteiger partial charge < -0.3 is 9.47 Å². The van der Waals surface area contributed by atoms with E-state index in [0.717, 1.165) is 5.56 Å². The largest absolute Gasteiger partial charge is 0.461 e. The molecule has 1 heterocycles. The number of ether oxygens (including phenoxy) is 2. The zero-order chi connectivity index (χ0) is 10.4. The monoisotopic (exact) mass is 204 g/mol. The summed E-state index contributed by atoms with van der Waals surface area (Å²) in [6, 6.07) is 0.161. The third-order valence-corrected chi connectivity index (χ3v) is 1.32. The van der Waals surface area contributed by atoms with Crippen LogP contribution in [-0.2, 0) is 4.74 Å². The fourth-order valence-corrected chi connectivity index (χ4v) is 0.725. The molecule has 6 heteroatoms. The molecule has 0 aromatic carbocycles. The lowest BCUT2D eigenvalue weighted by Crippen LogP contribution is -2.10. The molecule has 1 aromatic rings. The van der Waals surface area contributed by atoms with E-state index in [-0.39, 0.29) is 19.2 Å². The van der Waals surface area contributed by atoms with Crippen LogP contribution in [0.2, 0.25) is 0 Å². The molecular weight excluding hydrogens is 194 g/mol. The topological polar surface area (TPSA) is 44.2 Å². The molecule has 0 aliphatic heterocycles. The van der Waals surface area contributed by atoms with Crippen molar-refractivity contribution in [1.82, 2.24) is 9.97 Å². The fourth-order valence-electron chi connectivity index (χ4n) is 0.725. The summed E-state index contributed by atoms with van der Waals surface area (Å²) in [5, 5.41) is 0. The molecule has 0 aliphatic carbocycles. The van der Waals surface area contributed by atoms with Crippen LogP contribution in [0.3, 0.4) is 0 Å². The molecule has 0 amide bonds. The molecule has 0 aliphatic rings. The van der Waals surface area contributed by atoms with Gasteiger partial charge in [-0.25, -0.2) is 9.97 Å². The molecule has 0 bridgehead atoms. The molecule has 0 spiro atoms. The number of rotatable bonds is 5. The second kappa shape index (κ2) is 5.43. The lowest BCUT2D eigenvalue weighted by atomic mass is 10.4. The van der Waals surface area contributed by atoms with Crippen molar-refractivity contribution in [2.24, 2.45) is 0 Å². The Morgan fingerprint density at radius 1 is 1.29 bits per heavy atom. The summed E-state index contributed by atoms with van der Waals surface area (Å²) in [6.07, 6.45) is 3.16. The predicted octanol–water partition coefficient (Wildman–Crippen LogP) is 1.40. The van der Waals surface area contributed by atoms with Crippen molar-refractivity contribution in [1.29, 1.82) is 0 Å². The van der Waals surface area contributed by atoms with Crippen LogP contribution in [0.5, 0.6) is 6.01 Å². The summed E-state index contributed by atoms with van der Waals surface area (Å²) >= 11 is 0. The van der Waals surface area contributed by atoms with Crippen molar-refractivity contribution >= 4 is 0 Å². The van der Waals surface area contributed by atoms with E-state index in [1.807, 2.05) is 6.92 Å². The van der Waals surface area contributed by atoms with Crippen LogP contribution in [-0.4, -0.2) is 29.8 Å². The van der Waals surface area contributed by atoms with Crippen molar-refractivity contribution in [3.8, 4) is 6.01 Å². The van der Waals surface area contributed by atoms with Crippen molar-refractivity contribution in [3.63, 3.8) is 0 Å². The Hall–Kier alpha value is -1.30. The van der Waals surface area contributed by atoms with E-state index in [2.05, 4.69) is 14.7 Å². The zero-order valence-electron chi connectivity index (χ0n) is 7.61. The van der Waals surface area contributed by atoms with Gasteiger partial charge in [-0.1, -0.05) is 0 Å². The number of alkyl halides is 2. The van der Waals surface area contributed by atoms with E-state index < -0.39 is 6.61 Å². The predicted molar refractivity (Wildman–Crippen MR) is 44.2 cm³/mol. The normalized spacial score (nSPS) is 10.6. The van der Waals surface area contributed by atoms with E-state index in [1.54, 1.807) is 12.4 Å². The molecule has 78 valence electrons. The highest BCUT2D eigenvalue weighted by Crippen LogP contribution is 2.01. The van der Waals surface area contributed by atoms with Gasteiger partial charge >= 0.3 is 12.6 Å².